The molecule has 0 aromatic heterocycles. The molecule has 1 N–H and O–H groups in total. The predicted octanol–water partition coefficient (Wildman–Crippen LogP) is 0.570. The van der Waals surface area contributed by atoms with E-state index in [2.05, 4.69) is 24.3 Å². The number of allylic oxidation sites excluding steroid dienone is 1. The summed E-state index contributed by atoms with van der Waals surface area (Å²) in [5.74, 6) is 0. The topological polar surface area (TPSA) is 20.2 Å². The molecule has 0 saturated carbocycles. The highest BCUT2D eigenvalue weighted by Gasteiger charge is 1.93. The summed E-state index contributed by atoms with van der Waals surface area (Å²) in [7, 11) is 0. The Bertz CT molecular complexity index is 440. The molecule has 1 aliphatic carbocycles. The maximum Gasteiger partial charge on any atom is 0.0679 e. The fraction of sp³-hybridized carbons (Fsp3) is 0.167. The molecular weight excluding hydrogens is 160 g/mol. The van der Waals surface area contributed by atoms with Crippen molar-refractivity contribution < 1.29 is 5.11 Å². The lowest BCUT2D eigenvalue weighted by atomic mass is 10.2. The summed E-state index contributed by atoms with van der Waals surface area (Å²) in [5, 5.41) is 11.5. The van der Waals surface area contributed by atoms with E-state index in [9.17, 15) is 0 Å². The maximum atomic E-state index is 9.03. The smallest absolute Gasteiger partial charge is 0.0679 e. The van der Waals surface area contributed by atoms with Gasteiger partial charge in [0.25, 0.3) is 0 Å². The van der Waals surface area contributed by atoms with E-state index in [0.717, 1.165) is 12.0 Å². The van der Waals surface area contributed by atoms with E-state index < -0.39 is 0 Å². The van der Waals surface area contributed by atoms with E-state index in [0.29, 0.717) is 0 Å². The number of hydrogen-bond acceptors (Lipinski definition) is 1. The first kappa shape index (κ1) is 8.27. The summed E-state index contributed by atoms with van der Waals surface area (Å²) in [5.41, 5.74) is 1.00. The van der Waals surface area contributed by atoms with Crippen LogP contribution in [0.3, 0.4) is 0 Å². The molecule has 1 aromatic carbocycles. The van der Waals surface area contributed by atoms with Crippen LogP contribution in [-0.4, -0.2) is 11.7 Å². The third-order valence-electron chi connectivity index (χ3n) is 2.24. The van der Waals surface area contributed by atoms with Gasteiger partial charge in [0, 0.05) is 0 Å². The van der Waals surface area contributed by atoms with Gasteiger partial charge in [-0.3, -0.25) is 0 Å². The first-order chi connectivity index (χ1) is 6.40. The first-order valence-corrected chi connectivity index (χ1v) is 4.47. The van der Waals surface area contributed by atoms with Crippen LogP contribution in [0.2, 0.25) is 0 Å². The van der Waals surface area contributed by atoms with Crippen LogP contribution in [0.4, 0.5) is 0 Å². The molecule has 1 heteroatoms. The maximum absolute atomic E-state index is 9.03. The molecular formula is C12H12O. The van der Waals surface area contributed by atoms with Gasteiger partial charge in [-0.2, -0.15) is 0 Å². The van der Waals surface area contributed by atoms with E-state index in [4.69, 9.17) is 5.11 Å². The standard InChI is InChI=1S/C12H12O/c13-9-10-4-3-7-11-5-1-2-6-12(11)8-10/h1-2,4-8,13H,3,9H2. The second kappa shape index (κ2) is 3.58. The average molecular weight is 172 g/mol. The molecule has 0 amide bonds. The van der Waals surface area contributed by atoms with Crippen molar-refractivity contribution in [1.82, 2.24) is 0 Å². The van der Waals surface area contributed by atoms with Gasteiger partial charge < -0.3 is 5.11 Å². The molecule has 0 radical (unpaired) electrons. The second-order valence-corrected chi connectivity index (χ2v) is 3.15. The number of fused-ring (bicyclic) bond motifs is 1. The Hall–Kier alpha value is -1.34. The molecule has 0 unspecified atom stereocenters. The SMILES string of the molecule is OCC1=CCC=c2ccccc2=C1. The highest BCUT2D eigenvalue weighted by atomic mass is 16.3. The molecule has 0 saturated heterocycles. The highest BCUT2D eigenvalue weighted by Crippen LogP contribution is 1.99. The third kappa shape index (κ3) is 1.70. The van der Waals surface area contributed by atoms with Crippen LogP contribution in [0.15, 0.2) is 35.9 Å². The van der Waals surface area contributed by atoms with Crippen LogP contribution >= 0.6 is 0 Å². The quantitative estimate of drug-likeness (QED) is 0.656. The van der Waals surface area contributed by atoms with Crippen molar-refractivity contribution in [3.8, 4) is 0 Å². The normalized spacial score (nSPS) is 14.7. The average Bonchev–Trinajstić information content (AvgIpc) is 2.38. The summed E-state index contributed by atoms with van der Waals surface area (Å²) in [6, 6.07) is 8.22. The fourth-order valence-electron chi connectivity index (χ4n) is 1.53. The van der Waals surface area contributed by atoms with Crippen LogP contribution in [0, 0.1) is 0 Å². The van der Waals surface area contributed by atoms with Gasteiger partial charge in [-0.25, -0.2) is 0 Å². The third-order valence-corrected chi connectivity index (χ3v) is 2.24. The lowest BCUT2D eigenvalue weighted by molar-refractivity contribution is 0.336. The summed E-state index contributed by atoms with van der Waals surface area (Å²) < 4.78 is 0. The van der Waals surface area contributed by atoms with Gasteiger partial charge in [0.15, 0.2) is 0 Å². The minimum Gasteiger partial charge on any atom is -0.392 e. The van der Waals surface area contributed by atoms with Gasteiger partial charge in [0.05, 0.1) is 6.61 Å². The van der Waals surface area contributed by atoms with E-state index in [-0.39, 0.29) is 6.61 Å². The molecule has 1 aliphatic rings. The summed E-state index contributed by atoms with van der Waals surface area (Å²) in [6.45, 7) is 0.127. The van der Waals surface area contributed by atoms with Crippen molar-refractivity contribution in [2.45, 2.75) is 6.42 Å². The largest absolute Gasteiger partial charge is 0.392 e. The van der Waals surface area contributed by atoms with Gasteiger partial charge in [-0.15, -0.1) is 0 Å². The van der Waals surface area contributed by atoms with E-state index in [1.807, 2.05) is 18.2 Å². The van der Waals surface area contributed by atoms with Gasteiger partial charge in [-0.1, -0.05) is 36.4 Å². The van der Waals surface area contributed by atoms with Crippen LogP contribution in [0.5, 0.6) is 0 Å². The number of aliphatic hydroxyl groups excluding tert-OH is 1. The lowest BCUT2D eigenvalue weighted by Gasteiger charge is -1.92. The number of hydrogen-bond donors (Lipinski definition) is 1. The molecule has 0 spiro atoms. The Morgan fingerprint density at radius 1 is 1.08 bits per heavy atom. The van der Waals surface area contributed by atoms with Crippen molar-refractivity contribution in [2.24, 2.45) is 0 Å². The Kier molecular flexibility index (Phi) is 2.28. The van der Waals surface area contributed by atoms with Crippen LogP contribution < -0.4 is 10.4 Å². The second-order valence-electron chi connectivity index (χ2n) is 3.15. The van der Waals surface area contributed by atoms with Crippen LogP contribution in [0.1, 0.15) is 6.42 Å². The van der Waals surface area contributed by atoms with Crippen molar-refractivity contribution in [2.75, 3.05) is 6.61 Å². The minimum atomic E-state index is 0.127. The summed E-state index contributed by atoms with van der Waals surface area (Å²) >= 11 is 0. The number of benzene rings is 1. The predicted molar refractivity (Wildman–Crippen MR) is 54.4 cm³/mol. The molecule has 1 nitrogen and oxygen atoms in total. The minimum absolute atomic E-state index is 0.127. The van der Waals surface area contributed by atoms with Crippen molar-refractivity contribution in [1.29, 1.82) is 0 Å². The molecule has 0 heterocycles. The monoisotopic (exact) mass is 172 g/mol. The zero-order valence-corrected chi connectivity index (χ0v) is 7.40. The molecule has 13 heavy (non-hydrogen) atoms. The van der Waals surface area contributed by atoms with E-state index >= 15 is 0 Å². The fourth-order valence-corrected chi connectivity index (χ4v) is 1.53. The molecule has 2 rings (SSSR count). The Morgan fingerprint density at radius 2 is 1.85 bits per heavy atom. The first-order valence-electron chi connectivity index (χ1n) is 4.47. The Balaban J connectivity index is 2.64. The molecule has 66 valence electrons. The van der Waals surface area contributed by atoms with Crippen molar-refractivity contribution >= 4 is 12.2 Å². The molecule has 0 atom stereocenters. The Labute approximate surface area is 77.3 Å². The van der Waals surface area contributed by atoms with Gasteiger partial charge in [0.2, 0.25) is 0 Å². The van der Waals surface area contributed by atoms with Gasteiger partial charge >= 0.3 is 0 Å². The highest BCUT2D eigenvalue weighted by molar-refractivity contribution is 5.51. The van der Waals surface area contributed by atoms with Crippen LogP contribution in [0.25, 0.3) is 12.2 Å². The molecule has 1 aromatic rings. The van der Waals surface area contributed by atoms with Crippen molar-refractivity contribution in [3.05, 3.63) is 46.4 Å². The van der Waals surface area contributed by atoms with Gasteiger partial charge in [0.1, 0.15) is 0 Å². The number of rotatable bonds is 1. The summed E-state index contributed by atoms with van der Waals surface area (Å²) in [6.07, 6.45) is 7.18. The summed E-state index contributed by atoms with van der Waals surface area (Å²) in [4.78, 5) is 0. The van der Waals surface area contributed by atoms with E-state index in [1.54, 1.807) is 0 Å². The van der Waals surface area contributed by atoms with Gasteiger partial charge in [-0.05, 0) is 28.5 Å². The Morgan fingerprint density at radius 3 is 2.62 bits per heavy atom. The molecule has 0 bridgehead atoms. The molecule has 0 aliphatic heterocycles. The zero-order chi connectivity index (χ0) is 9.10. The lowest BCUT2D eigenvalue weighted by Crippen LogP contribution is -2.23. The number of aliphatic hydroxyl groups is 1. The van der Waals surface area contributed by atoms with Crippen molar-refractivity contribution in [3.63, 3.8) is 0 Å². The molecule has 0 fully saturated rings. The zero-order valence-electron chi connectivity index (χ0n) is 7.40. The van der Waals surface area contributed by atoms with Crippen LogP contribution in [-0.2, 0) is 0 Å². The van der Waals surface area contributed by atoms with E-state index in [1.165, 1.54) is 10.4 Å².